The van der Waals surface area contributed by atoms with Gasteiger partial charge in [0.1, 0.15) is 4.83 Å². The monoisotopic (exact) mass is 353 g/mol. The maximum absolute atomic E-state index is 13.0. The number of aryl methyl sites for hydroxylation is 1. The average Bonchev–Trinajstić information content (AvgIpc) is 3.15. The topological polar surface area (TPSA) is 38.1 Å². The second-order valence-electron chi connectivity index (χ2n) is 7.24. The van der Waals surface area contributed by atoms with Crippen LogP contribution < -0.4 is 0 Å². The Morgan fingerprint density at radius 3 is 2.80 bits per heavy atom. The minimum absolute atomic E-state index is 0.145. The molecule has 0 fully saturated rings. The summed E-state index contributed by atoms with van der Waals surface area (Å²) in [6, 6.07) is 10.5. The Hall–Kier alpha value is -2.14. The van der Waals surface area contributed by atoms with Crippen LogP contribution in [0.5, 0.6) is 0 Å². The lowest BCUT2D eigenvalue weighted by Crippen LogP contribution is -2.35. The Labute approximate surface area is 152 Å². The number of hydrogen-bond donors (Lipinski definition) is 0. The number of carbonyl (C=O) groups is 1. The van der Waals surface area contributed by atoms with Gasteiger partial charge in [0.2, 0.25) is 0 Å². The zero-order valence-electron chi connectivity index (χ0n) is 15.0. The maximum atomic E-state index is 13.0. The number of fused-ring (bicyclic) bond motifs is 2. The lowest BCUT2D eigenvalue weighted by atomic mass is 10.00. The zero-order chi connectivity index (χ0) is 17.6. The number of thiophene rings is 1. The number of aromatic nitrogens is 2. The van der Waals surface area contributed by atoms with Crippen LogP contribution >= 0.6 is 11.3 Å². The highest BCUT2D eigenvalue weighted by molar-refractivity contribution is 7.20. The summed E-state index contributed by atoms with van der Waals surface area (Å²) in [4.78, 5) is 16.9. The van der Waals surface area contributed by atoms with Crippen LogP contribution in [-0.2, 0) is 19.5 Å². The van der Waals surface area contributed by atoms with Crippen molar-refractivity contribution >= 4 is 27.5 Å². The van der Waals surface area contributed by atoms with Crippen LogP contribution in [0.25, 0.3) is 10.2 Å². The van der Waals surface area contributed by atoms with Crippen molar-refractivity contribution in [3.05, 3.63) is 52.0 Å². The minimum atomic E-state index is 0.145. The standard InChI is InChI=1S/C20H23N3OS/c1-13(2)11-23-20-17(14(3)21-23)10-18(25-20)19(24)22-9-8-15-6-4-5-7-16(15)12-22/h4-7,10,13H,8-9,11-12H2,1-3H3. The molecule has 0 aliphatic carbocycles. The summed E-state index contributed by atoms with van der Waals surface area (Å²) in [5.41, 5.74) is 3.65. The van der Waals surface area contributed by atoms with Crippen molar-refractivity contribution in [2.45, 2.75) is 40.3 Å². The predicted octanol–water partition coefficient (Wildman–Crippen LogP) is 4.26. The Morgan fingerprint density at radius 1 is 1.28 bits per heavy atom. The van der Waals surface area contributed by atoms with Crippen molar-refractivity contribution in [3.8, 4) is 0 Å². The highest BCUT2D eigenvalue weighted by Crippen LogP contribution is 2.31. The third kappa shape index (κ3) is 2.97. The van der Waals surface area contributed by atoms with Crippen molar-refractivity contribution in [2.24, 2.45) is 5.92 Å². The third-order valence-electron chi connectivity index (χ3n) is 4.77. The van der Waals surface area contributed by atoms with Gasteiger partial charge in [-0.15, -0.1) is 11.3 Å². The molecule has 0 N–H and O–H groups in total. The van der Waals surface area contributed by atoms with Gasteiger partial charge < -0.3 is 4.90 Å². The van der Waals surface area contributed by atoms with Crippen LogP contribution in [0.15, 0.2) is 30.3 Å². The molecule has 5 heteroatoms. The summed E-state index contributed by atoms with van der Waals surface area (Å²) >= 11 is 1.58. The van der Waals surface area contributed by atoms with E-state index in [4.69, 9.17) is 0 Å². The van der Waals surface area contributed by atoms with Crippen LogP contribution in [0, 0.1) is 12.8 Å². The number of benzene rings is 1. The molecule has 3 heterocycles. The average molecular weight is 353 g/mol. The summed E-state index contributed by atoms with van der Waals surface area (Å²) < 4.78 is 2.06. The van der Waals surface area contributed by atoms with Crippen molar-refractivity contribution in [1.29, 1.82) is 0 Å². The van der Waals surface area contributed by atoms with Gasteiger partial charge in [-0.2, -0.15) is 5.10 Å². The highest BCUT2D eigenvalue weighted by atomic mass is 32.1. The Kier molecular flexibility index (Phi) is 4.12. The van der Waals surface area contributed by atoms with Gasteiger partial charge in [0, 0.05) is 25.0 Å². The van der Waals surface area contributed by atoms with Crippen LogP contribution in [0.4, 0.5) is 0 Å². The van der Waals surface area contributed by atoms with E-state index < -0.39 is 0 Å². The molecule has 130 valence electrons. The fourth-order valence-corrected chi connectivity index (χ4v) is 4.65. The Morgan fingerprint density at radius 2 is 2.04 bits per heavy atom. The van der Waals surface area contributed by atoms with E-state index in [2.05, 4.69) is 47.9 Å². The van der Waals surface area contributed by atoms with E-state index in [0.29, 0.717) is 12.5 Å². The fourth-order valence-electron chi connectivity index (χ4n) is 3.51. The smallest absolute Gasteiger partial charge is 0.264 e. The molecule has 4 nitrogen and oxygen atoms in total. The lowest BCUT2D eigenvalue weighted by Gasteiger charge is -2.28. The van der Waals surface area contributed by atoms with Gasteiger partial charge in [-0.05, 0) is 36.5 Å². The number of hydrogen-bond acceptors (Lipinski definition) is 3. The molecule has 25 heavy (non-hydrogen) atoms. The molecule has 2 aromatic heterocycles. The van der Waals surface area contributed by atoms with Crippen LogP contribution in [0.2, 0.25) is 0 Å². The third-order valence-corrected chi connectivity index (χ3v) is 5.91. The normalized spacial score (nSPS) is 14.3. The first-order chi connectivity index (χ1) is 12.0. The van der Waals surface area contributed by atoms with Crippen molar-refractivity contribution in [3.63, 3.8) is 0 Å². The molecule has 0 atom stereocenters. The van der Waals surface area contributed by atoms with E-state index in [1.807, 2.05) is 17.9 Å². The number of nitrogens with zero attached hydrogens (tertiary/aromatic N) is 3. The zero-order valence-corrected chi connectivity index (χ0v) is 15.8. The molecule has 0 spiro atoms. The second kappa shape index (κ2) is 6.30. The van der Waals surface area contributed by atoms with Gasteiger partial charge in [-0.25, -0.2) is 0 Å². The largest absolute Gasteiger partial charge is 0.333 e. The van der Waals surface area contributed by atoms with Gasteiger partial charge in [-0.1, -0.05) is 38.1 Å². The summed E-state index contributed by atoms with van der Waals surface area (Å²) in [6.45, 7) is 8.79. The SMILES string of the molecule is Cc1nn(CC(C)C)c2sc(C(=O)N3CCc4ccccc4C3)cc12. The predicted molar refractivity (Wildman–Crippen MR) is 102 cm³/mol. The molecule has 1 aromatic carbocycles. The molecule has 1 aliphatic rings. The summed E-state index contributed by atoms with van der Waals surface area (Å²) in [7, 11) is 0. The van der Waals surface area contributed by atoms with Crippen molar-refractivity contribution in [2.75, 3.05) is 6.54 Å². The second-order valence-corrected chi connectivity index (χ2v) is 8.27. The minimum Gasteiger partial charge on any atom is -0.333 e. The van der Waals surface area contributed by atoms with Crippen molar-refractivity contribution < 1.29 is 4.79 Å². The van der Waals surface area contributed by atoms with Gasteiger partial charge >= 0.3 is 0 Å². The van der Waals surface area contributed by atoms with Gasteiger partial charge in [-0.3, -0.25) is 9.48 Å². The first kappa shape index (κ1) is 16.3. The van der Waals surface area contributed by atoms with E-state index >= 15 is 0 Å². The summed E-state index contributed by atoms with van der Waals surface area (Å²) in [6.07, 6.45) is 0.937. The Balaban J connectivity index is 1.63. The highest BCUT2D eigenvalue weighted by Gasteiger charge is 2.24. The van der Waals surface area contributed by atoms with Gasteiger partial charge in [0.05, 0.1) is 10.6 Å². The van der Waals surface area contributed by atoms with E-state index in [0.717, 1.165) is 40.3 Å². The van der Waals surface area contributed by atoms with Gasteiger partial charge in [0.15, 0.2) is 0 Å². The number of amides is 1. The van der Waals surface area contributed by atoms with E-state index in [9.17, 15) is 4.79 Å². The molecule has 0 unspecified atom stereocenters. The summed E-state index contributed by atoms with van der Waals surface area (Å²) in [5.74, 6) is 0.675. The molecular formula is C20H23N3OS. The summed E-state index contributed by atoms with van der Waals surface area (Å²) in [5, 5.41) is 5.75. The Bertz CT molecular complexity index is 938. The maximum Gasteiger partial charge on any atom is 0.264 e. The molecule has 1 amide bonds. The molecule has 0 radical (unpaired) electrons. The van der Waals surface area contributed by atoms with Crippen LogP contribution in [-0.4, -0.2) is 27.1 Å². The van der Waals surface area contributed by atoms with Crippen LogP contribution in [0.3, 0.4) is 0 Å². The number of rotatable bonds is 3. The molecule has 3 aromatic rings. The molecular weight excluding hydrogens is 330 g/mol. The first-order valence-electron chi connectivity index (χ1n) is 8.86. The molecule has 0 bridgehead atoms. The van der Waals surface area contributed by atoms with E-state index in [1.165, 1.54) is 11.1 Å². The van der Waals surface area contributed by atoms with Gasteiger partial charge in [0.25, 0.3) is 5.91 Å². The van der Waals surface area contributed by atoms with E-state index in [-0.39, 0.29) is 5.91 Å². The molecule has 1 aliphatic heterocycles. The molecule has 0 saturated heterocycles. The molecule has 0 saturated carbocycles. The van der Waals surface area contributed by atoms with Crippen LogP contribution in [0.1, 0.15) is 40.3 Å². The van der Waals surface area contributed by atoms with E-state index in [1.54, 1.807) is 11.3 Å². The first-order valence-corrected chi connectivity index (χ1v) is 9.67. The number of carbonyl (C=O) groups excluding carboxylic acids is 1. The van der Waals surface area contributed by atoms with Crippen molar-refractivity contribution in [1.82, 2.24) is 14.7 Å². The fraction of sp³-hybridized carbons (Fsp3) is 0.400. The molecule has 4 rings (SSSR count). The lowest BCUT2D eigenvalue weighted by molar-refractivity contribution is 0.0739. The quantitative estimate of drug-likeness (QED) is 0.705.